The van der Waals surface area contributed by atoms with Crippen LogP contribution in [0.15, 0.2) is 47.1 Å². The predicted molar refractivity (Wildman–Crippen MR) is 109 cm³/mol. The lowest BCUT2D eigenvalue weighted by Gasteiger charge is -2.30. The quantitative estimate of drug-likeness (QED) is 0.682. The maximum Gasteiger partial charge on any atom is 0.286 e. The Kier molecular flexibility index (Phi) is 7.25. The summed E-state index contributed by atoms with van der Waals surface area (Å²) in [6.07, 6.45) is 4.93. The minimum Gasteiger partial charge on any atom is -0.459 e. The molecular weight excluding hydrogens is 354 g/mol. The van der Waals surface area contributed by atoms with Crippen LogP contribution in [-0.4, -0.2) is 36.3 Å². The Morgan fingerprint density at radius 2 is 1.89 bits per heavy atom. The van der Waals surface area contributed by atoms with Gasteiger partial charge in [0.1, 0.15) is 0 Å². The minimum atomic E-state index is -0.260. The topological polar surface area (TPSA) is 74.6 Å². The normalized spacial score (nSPS) is 15.3. The molecular formula is C22H29N3O3. The summed E-state index contributed by atoms with van der Waals surface area (Å²) >= 11 is 0. The van der Waals surface area contributed by atoms with E-state index in [1.54, 1.807) is 12.1 Å². The molecule has 0 spiro atoms. The van der Waals surface area contributed by atoms with Gasteiger partial charge in [0, 0.05) is 25.2 Å². The molecule has 2 aromatic rings. The molecule has 0 radical (unpaired) electrons. The fraction of sp³-hybridized carbons (Fsp3) is 0.455. The molecule has 2 N–H and O–H groups in total. The van der Waals surface area contributed by atoms with Gasteiger partial charge in [0.05, 0.1) is 6.26 Å². The smallest absolute Gasteiger partial charge is 0.286 e. The number of amides is 2. The molecule has 0 unspecified atom stereocenters. The second-order valence-electron chi connectivity index (χ2n) is 7.54. The molecule has 6 heteroatoms. The van der Waals surface area contributed by atoms with Crippen LogP contribution in [0.1, 0.15) is 48.7 Å². The van der Waals surface area contributed by atoms with Crippen LogP contribution in [0, 0.1) is 5.92 Å². The third kappa shape index (κ3) is 6.23. The van der Waals surface area contributed by atoms with Gasteiger partial charge in [0.25, 0.3) is 5.91 Å². The molecule has 0 bridgehead atoms. The SMILES string of the molecule is CC1CCN(Cc2ccc(NC(=O)CCCNC(=O)c3ccco3)cc2)CC1. The van der Waals surface area contributed by atoms with Crippen LogP contribution >= 0.6 is 0 Å². The van der Waals surface area contributed by atoms with E-state index in [1.165, 1.54) is 24.7 Å². The number of nitrogens with zero attached hydrogens (tertiary/aromatic N) is 1. The molecule has 6 nitrogen and oxygen atoms in total. The standard InChI is InChI=1S/C22H29N3O3/c1-17-10-13-25(14-11-17)16-18-6-8-19(9-7-18)24-21(26)5-2-12-23-22(27)20-4-3-15-28-20/h3-4,6-9,15,17H,2,5,10-14,16H2,1H3,(H,23,27)(H,24,26). The van der Waals surface area contributed by atoms with Crippen LogP contribution < -0.4 is 10.6 Å². The molecule has 1 saturated heterocycles. The highest BCUT2D eigenvalue weighted by Gasteiger charge is 2.15. The molecule has 0 atom stereocenters. The molecule has 1 aromatic heterocycles. The second kappa shape index (κ2) is 10.1. The van der Waals surface area contributed by atoms with Crippen molar-refractivity contribution in [2.45, 2.75) is 39.2 Å². The van der Waals surface area contributed by atoms with Gasteiger partial charge in [-0.15, -0.1) is 0 Å². The van der Waals surface area contributed by atoms with Crippen molar-refractivity contribution in [1.82, 2.24) is 10.2 Å². The fourth-order valence-corrected chi connectivity index (χ4v) is 3.34. The zero-order chi connectivity index (χ0) is 19.8. The van der Waals surface area contributed by atoms with Crippen molar-refractivity contribution in [2.24, 2.45) is 5.92 Å². The zero-order valence-electron chi connectivity index (χ0n) is 16.4. The summed E-state index contributed by atoms with van der Waals surface area (Å²) < 4.78 is 5.02. The molecule has 2 amide bonds. The first-order valence-corrected chi connectivity index (χ1v) is 10.0. The highest BCUT2D eigenvalue weighted by molar-refractivity contribution is 5.92. The first-order chi connectivity index (χ1) is 13.6. The zero-order valence-corrected chi connectivity index (χ0v) is 16.4. The Morgan fingerprint density at radius 3 is 2.57 bits per heavy atom. The van der Waals surface area contributed by atoms with Gasteiger partial charge >= 0.3 is 0 Å². The molecule has 150 valence electrons. The lowest BCUT2D eigenvalue weighted by atomic mass is 9.99. The number of piperidine rings is 1. The maximum atomic E-state index is 12.1. The van der Waals surface area contributed by atoms with E-state index in [9.17, 15) is 9.59 Å². The van der Waals surface area contributed by atoms with Crippen molar-refractivity contribution in [3.8, 4) is 0 Å². The van der Waals surface area contributed by atoms with Gasteiger partial charge in [0.2, 0.25) is 5.91 Å². The minimum absolute atomic E-state index is 0.0509. The average molecular weight is 383 g/mol. The van der Waals surface area contributed by atoms with Crippen molar-refractivity contribution >= 4 is 17.5 Å². The number of hydrogen-bond acceptors (Lipinski definition) is 4. The number of likely N-dealkylation sites (tertiary alicyclic amines) is 1. The van der Waals surface area contributed by atoms with Gasteiger partial charge in [-0.2, -0.15) is 0 Å². The van der Waals surface area contributed by atoms with Gasteiger partial charge < -0.3 is 15.1 Å². The van der Waals surface area contributed by atoms with Crippen molar-refractivity contribution in [3.63, 3.8) is 0 Å². The van der Waals surface area contributed by atoms with Crippen LogP contribution in [0.25, 0.3) is 0 Å². The number of carbonyl (C=O) groups excluding carboxylic acids is 2. The van der Waals surface area contributed by atoms with E-state index in [0.717, 1.165) is 31.2 Å². The summed E-state index contributed by atoms with van der Waals surface area (Å²) in [4.78, 5) is 26.3. The van der Waals surface area contributed by atoms with Crippen molar-refractivity contribution in [1.29, 1.82) is 0 Å². The van der Waals surface area contributed by atoms with Gasteiger partial charge in [-0.05, 0) is 68.1 Å². The van der Waals surface area contributed by atoms with E-state index in [4.69, 9.17) is 4.42 Å². The van der Waals surface area contributed by atoms with Gasteiger partial charge in [-0.3, -0.25) is 14.5 Å². The van der Waals surface area contributed by atoms with Gasteiger partial charge in [-0.1, -0.05) is 19.1 Å². The first kappa shape index (κ1) is 20.1. The van der Waals surface area contributed by atoms with Crippen molar-refractivity contribution in [3.05, 3.63) is 54.0 Å². The Hall–Kier alpha value is -2.60. The van der Waals surface area contributed by atoms with E-state index in [-0.39, 0.29) is 17.6 Å². The number of carbonyl (C=O) groups is 2. The van der Waals surface area contributed by atoms with Crippen LogP contribution in [0.2, 0.25) is 0 Å². The molecule has 2 heterocycles. The summed E-state index contributed by atoms with van der Waals surface area (Å²) in [5, 5.41) is 5.65. The van der Waals surface area contributed by atoms with Crippen LogP contribution in [0.3, 0.4) is 0 Å². The van der Waals surface area contributed by atoms with E-state index in [0.29, 0.717) is 19.4 Å². The van der Waals surface area contributed by atoms with Gasteiger partial charge in [-0.25, -0.2) is 0 Å². The first-order valence-electron chi connectivity index (χ1n) is 10.0. The van der Waals surface area contributed by atoms with Crippen molar-refractivity contribution in [2.75, 3.05) is 25.0 Å². The number of nitrogens with one attached hydrogen (secondary N) is 2. The van der Waals surface area contributed by atoms with E-state index < -0.39 is 0 Å². The molecule has 0 saturated carbocycles. The summed E-state index contributed by atoms with van der Waals surface area (Å²) in [7, 11) is 0. The number of anilines is 1. The monoisotopic (exact) mass is 383 g/mol. The molecule has 0 aliphatic carbocycles. The largest absolute Gasteiger partial charge is 0.459 e. The number of rotatable bonds is 8. The van der Waals surface area contributed by atoms with E-state index >= 15 is 0 Å². The third-order valence-electron chi connectivity index (χ3n) is 5.13. The number of furan rings is 1. The summed E-state index contributed by atoms with van der Waals surface area (Å²) in [5.74, 6) is 0.810. The van der Waals surface area contributed by atoms with E-state index in [2.05, 4.69) is 34.6 Å². The lowest BCUT2D eigenvalue weighted by molar-refractivity contribution is -0.116. The van der Waals surface area contributed by atoms with Crippen LogP contribution in [0.4, 0.5) is 5.69 Å². The fourth-order valence-electron chi connectivity index (χ4n) is 3.34. The summed E-state index contributed by atoms with van der Waals surface area (Å²) in [5.41, 5.74) is 2.08. The summed E-state index contributed by atoms with van der Waals surface area (Å²) in [6.45, 7) is 6.05. The summed E-state index contributed by atoms with van der Waals surface area (Å²) in [6, 6.07) is 11.4. The third-order valence-corrected chi connectivity index (χ3v) is 5.13. The van der Waals surface area contributed by atoms with Crippen LogP contribution in [-0.2, 0) is 11.3 Å². The molecule has 28 heavy (non-hydrogen) atoms. The highest BCUT2D eigenvalue weighted by Crippen LogP contribution is 2.19. The Morgan fingerprint density at radius 1 is 1.14 bits per heavy atom. The van der Waals surface area contributed by atoms with Crippen molar-refractivity contribution < 1.29 is 14.0 Å². The Balaban J connectivity index is 1.34. The Labute approximate surface area is 166 Å². The second-order valence-corrected chi connectivity index (χ2v) is 7.54. The molecule has 1 fully saturated rings. The molecule has 3 rings (SSSR count). The lowest BCUT2D eigenvalue weighted by Crippen LogP contribution is -2.32. The van der Waals surface area contributed by atoms with Gasteiger partial charge in [0.15, 0.2) is 5.76 Å². The van der Waals surface area contributed by atoms with Crippen LogP contribution in [0.5, 0.6) is 0 Å². The van der Waals surface area contributed by atoms with E-state index in [1.807, 2.05) is 12.1 Å². The maximum absolute atomic E-state index is 12.1. The molecule has 1 aliphatic rings. The molecule has 1 aromatic carbocycles. The number of benzene rings is 1. The highest BCUT2D eigenvalue weighted by atomic mass is 16.3. The average Bonchev–Trinajstić information content (AvgIpc) is 3.23. The predicted octanol–water partition coefficient (Wildman–Crippen LogP) is 3.66. The number of hydrogen-bond donors (Lipinski definition) is 2. The Bertz CT molecular complexity index is 748. The molecule has 1 aliphatic heterocycles.